The quantitative estimate of drug-likeness (QED) is 0.635. The lowest BCUT2D eigenvalue weighted by Gasteiger charge is -2.18. The van der Waals surface area contributed by atoms with E-state index < -0.39 is 15.9 Å². The van der Waals surface area contributed by atoms with Gasteiger partial charge in [-0.05, 0) is 30.3 Å². The number of hydrogen-bond donors (Lipinski definition) is 2. The Morgan fingerprint density at radius 2 is 1.67 bits per heavy atom. The van der Waals surface area contributed by atoms with Crippen molar-refractivity contribution in [1.29, 1.82) is 0 Å². The van der Waals surface area contributed by atoms with Crippen molar-refractivity contribution in [3.63, 3.8) is 0 Å². The van der Waals surface area contributed by atoms with E-state index in [0.29, 0.717) is 24.5 Å². The Labute approximate surface area is 181 Å². The van der Waals surface area contributed by atoms with Crippen molar-refractivity contribution in [2.45, 2.75) is 25.7 Å². The van der Waals surface area contributed by atoms with Gasteiger partial charge < -0.3 is 15.4 Å². The Morgan fingerprint density at radius 3 is 2.17 bits per heavy atom. The molecule has 0 atom stereocenters. The first-order chi connectivity index (χ1) is 14.1. The number of rotatable bonds is 8. The molecule has 2 amide bonds. The summed E-state index contributed by atoms with van der Waals surface area (Å²) in [6.45, 7) is 5.61. The van der Waals surface area contributed by atoms with E-state index in [-0.39, 0.29) is 27.1 Å². The number of anilines is 2. The number of nitrogens with zero attached hydrogens (tertiary/aromatic N) is 1. The highest BCUT2D eigenvalue weighted by Crippen LogP contribution is 2.31. The van der Waals surface area contributed by atoms with E-state index in [4.69, 9.17) is 16.3 Å². The average Bonchev–Trinajstić information content (AvgIpc) is 2.70. The van der Waals surface area contributed by atoms with E-state index in [9.17, 15) is 18.0 Å². The van der Waals surface area contributed by atoms with Gasteiger partial charge >= 0.3 is 0 Å². The predicted molar refractivity (Wildman–Crippen MR) is 117 cm³/mol. The molecule has 0 aliphatic carbocycles. The number of methoxy groups -OCH3 is 1. The van der Waals surface area contributed by atoms with Gasteiger partial charge in [-0.2, -0.15) is 4.31 Å². The first-order valence-corrected chi connectivity index (χ1v) is 11.0. The molecule has 8 nitrogen and oxygen atoms in total. The van der Waals surface area contributed by atoms with Crippen molar-refractivity contribution in [3.05, 3.63) is 47.0 Å². The average molecular weight is 454 g/mol. The summed E-state index contributed by atoms with van der Waals surface area (Å²) >= 11 is 6.16. The van der Waals surface area contributed by atoms with Gasteiger partial charge in [-0.3, -0.25) is 9.59 Å². The zero-order chi connectivity index (χ0) is 22.5. The molecule has 10 heteroatoms. The fraction of sp³-hybridized carbons (Fsp3) is 0.300. The summed E-state index contributed by atoms with van der Waals surface area (Å²) in [5, 5.41) is 5.42. The lowest BCUT2D eigenvalue weighted by Crippen LogP contribution is -2.30. The molecule has 2 aromatic rings. The molecule has 30 heavy (non-hydrogen) atoms. The summed E-state index contributed by atoms with van der Waals surface area (Å²) in [6.07, 6.45) is 0. The SMILES string of the molecule is CCN(CC)S(=O)(=O)c1ccc(NC(=O)c2cc(Cl)c(NC(C)=O)cc2OC)cc1. The largest absolute Gasteiger partial charge is 0.496 e. The molecule has 0 spiro atoms. The highest BCUT2D eigenvalue weighted by atomic mass is 35.5. The lowest BCUT2D eigenvalue weighted by atomic mass is 10.1. The molecule has 0 heterocycles. The molecular weight excluding hydrogens is 430 g/mol. The zero-order valence-corrected chi connectivity index (χ0v) is 18.7. The van der Waals surface area contributed by atoms with Crippen LogP contribution in [0.25, 0.3) is 0 Å². The molecule has 0 fully saturated rings. The Morgan fingerprint density at radius 1 is 1.07 bits per heavy atom. The molecule has 0 aliphatic heterocycles. The molecule has 2 N–H and O–H groups in total. The van der Waals surface area contributed by atoms with E-state index in [0.717, 1.165) is 0 Å². The molecule has 0 bridgehead atoms. The highest BCUT2D eigenvalue weighted by Gasteiger charge is 2.22. The monoisotopic (exact) mass is 453 g/mol. The lowest BCUT2D eigenvalue weighted by molar-refractivity contribution is -0.114. The summed E-state index contributed by atoms with van der Waals surface area (Å²) in [6, 6.07) is 8.74. The first-order valence-electron chi connectivity index (χ1n) is 9.20. The zero-order valence-electron chi connectivity index (χ0n) is 17.2. The molecule has 0 aromatic heterocycles. The maximum atomic E-state index is 12.7. The van der Waals surface area contributed by atoms with Gasteiger partial charge in [0.2, 0.25) is 15.9 Å². The number of sulfonamides is 1. The van der Waals surface area contributed by atoms with E-state index in [1.807, 2.05) is 0 Å². The summed E-state index contributed by atoms with van der Waals surface area (Å²) < 4.78 is 31.7. The number of ether oxygens (including phenoxy) is 1. The van der Waals surface area contributed by atoms with Gasteiger partial charge in [0.25, 0.3) is 5.91 Å². The van der Waals surface area contributed by atoms with Crippen LogP contribution in [0.5, 0.6) is 5.75 Å². The minimum absolute atomic E-state index is 0.143. The summed E-state index contributed by atoms with van der Waals surface area (Å²) in [5.74, 6) is -0.584. The van der Waals surface area contributed by atoms with Crippen molar-refractivity contribution in [3.8, 4) is 5.75 Å². The second-order valence-corrected chi connectivity index (χ2v) is 8.63. The number of nitrogens with one attached hydrogen (secondary N) is 2. The number of carbonyl (C=O) groups is 2. The van der Waals surface area contributed by atoms with Crippen LogP contribution >= 0.6 is 11.6 Å². The maximum absolute atomic E-state index is 12.7. The number of benzene rings is 2. The normalized spacial score (nSPS) is 11.3. The van der Waals surface area contributed by atoms with Gasteiger partial charge in [0, 0.05) is 31.8 Å². The Bertz CT molecular complexity index is 1040. The van der Waals surface area contributed by atoms with Crippen molar-refractivity contribution < 1.29 is 22.7 Å². The number of carbonyl (C=O) groups excluding carboxylic acids is 2. The third-order valence-corrected chi connectivity index (χ3v) is 6.68. The van der Waals surface area contributed by atoms with Crippen LogP contribution in [0.15, 0.2) is 41.3 Å². The first kappa shape index (κ1) is 23.7. The van der Waals surface area contributed by atoms with Gasteiger partial charge in [-0.15, -0.1) is 0 Å². The molecular formula is C20H24ClN3O5S. The van der Waals surface area contributed by atoms with Crippen molar-refractivity contribution in [2.75, 3.05) is 30.8 Å². The maximum Gasteiger partial charge on any atom is 0.259 e. The summed E-state index contributed by atoms with van der Waals surface area (Å²) in [7, 11) is -2.19. The molecule has 0 unspecified atom stereocenters. The van der Waals surface area contributed by atoms with E-state index >= 15 is 0 Å². The van der Waals surface area contributed by atoms with Crippen LogP contribution in [-0.4, -0.2) is 44.7 Å². The van der Waals surface area contributed by atoms with Crippen LogP contribution in [0.3, 0.4) is 0 Å². The topological polar surface area (TPSA) is 105 Å². The van der Waals surface area contributed by atoms with Crippen LogP contribution in [0.2, 0.25) is 5.02 Å². The Kier molecular flexibility index (Phi) is 7.83. The van der Waals surface area contributed by atoms with Crippen LogP contribution in [0.4, 0.5) is 11.4 Å². The van der Waals surface area contributed by atoms with E-state index in [1.165, 1.54) is 54.7 Å². The molecule has 162 valence electrons. The second-order valence-electron chi connectivity index (χ2n) is 6.28. The molecule has 0 radical (unpaired) electrons. The second kappa shape index (κ2) is 9.92. The van der Waals surface area contributed by atoms with E-state index in [1.54, 1.807) is 13.8 Å². The minimum atomic E-state index is -3.58. The van der Waals surface area contributed by atoms with Crippen LogP contribution in [-0.2, 0) is 14.8 Å². The molecule has 2 aromatic carbocycles. The predicted octanol–water partition coefficient (Wildman–Crippen LogP) is 3.59. The number of amides is 2. The van der Waals surface area contributed by atoms with Gasteiger partial charge in [0.1, 0.15) is 5.75 Å². The molecule has 2 rings (SSSR count). The van der Waals surface area contributed by atoms with Gasteiger partial charge in [0.15, 0.2) is 0 Å². The molecule has 0 saturated carbocycles. The number of hydrogen-bond acceptors (Lipinski definition) is 5. The highest BCUT2D eigenvalue weighted by molar-refractivity contribution is 7.89. The fourth-order valence-corrected chi connectivity index (χ4v) is 4.48. The Balaban J connectivity index is 2.26. The van der Waals surface area contributed by atoms with Crippen molar-refractivity contribution in [1.82, 2.24) is 4.31 Å². The standard InChI is InChI=1S/C20H24ClN3O5S/c1-5-24(6-2)30(27,28)15-9-7-14(8-10-15)23-20(26)16-11-17(21)18(22-13(3)25)12-19(16)29-4/h7-12H,5-6H2,1-4H3,(H,22,25)(H,23,26). The van der Waals surface area contributed by atoms with Gasteiger partial charge in [-0.25, -0.2) is 8.42 Å². The van der Waals surface area contributed by atoms with Crippen molar-refractivity contribution >= 4 is 44.8 Å². The smallest absolute Gasteiger partial charge is 0.259 e. The third kappa shape index (κ3) is 5.29. The number of halogens is 1. The fourth-order valence-electron chi connectivity index (χ4n) is 2.81. The molecule has 0 saturated heterocycles. The minimum Gasteiger partial charge on any atom is -0.496 e. The van der Waals surface area contributed by atoms with Crippen LogP contribution in [0, 0.1) is 0 Å². The summed E-state index contributed by atoms with van der Waals surface area (Å²) in [4.78, 5) is 24.1. The van der Waals surface area contributed by atoms with Gasteiger partial charge in [-0.1, -0.05) is 25.4 Å². The van der Waals surface area contributed by atoms with Gasteiger partial charge in [0.05, 0.1) is 28.3 Å². The molecule has 0 aliphatic rings. The van der Waals surface area contributed by atoms with E-state index in [2.05, 4.69) is 10.6 Å². The van der Waals surface area contributed by atoms with Crippen LogP contribution in [0.1, 0.15) is 31.1 Å². The third-order valence-electron chi connectivity index (χ3n) is 4.30. The van der Waals surface area contributed by atoms with Crippen molar-refractivity contribution in [2.24, 2.45) is 0 Å². The Hall–Kier alpha value is -2.62. The summed E-state index contributed by atoms with van der Waals surface area (Å²) in [5.41, 5.74) is 0.891. The van der Waals surface area contributed by atoms with Crippen LogP contribution < -0.4 is 15.4 Å².